The number of hydrogen-bond donors (Lipinski definition) is 2. The molecule has 110 valence electrons. The van der Waals surface area contributed by atoms with Crippen LogP contribution in [0.3, 0.4) is 0 Å². The zero-order valence-corrected chi connectivity index (χ0v) is 11.7. The fourth-order valence-electron chi connectivity index (χ4n) is 2.65. The number of nitrogens with one attached hydrogen (secondary N) is 1. The van der Waals surface area contributed by atoms with Gasteiger partial charge in [0.15, 0.2) is 0 Å². The summed E-state index contributed by atoms with van der Waals surface area (Å²) in [5, 5.41) is 14.2. The molecule has 0 aromatic heterocycles. The highest BCUT2D eigenvalue weighted by Gasteiger charge is 2.28. The first-order valence-corrected chi connectivity index (χ1v) is 6.89. The van der Waals surface area contributed by atoms with Crippen molar-refractivity contribution >= 4 is 11.4 Å². The second kappa shape index (κ2) is 6.09. The summed E-state index contributed by atoms with van der Waals surface area (Å²) in [6.07, 6.45) is 5.38. The zero-order chi connectivity index (χ0) is 14.6. The zero-order valence-electron chi connectivity index (χ0n) is 11.7. The van der Waals surface area contributed by atoms with Gasteiger partial charge in [-0.2, -0.15) is 0 Å². The van der Waals surface area contributed by atoms with Gasteiger partial charge in [-0.3, -0.25) is 10.1 Å². The molecule has 20 heavy (non-hydrogen) atoms. The quantitative estimate of drug-likeness (QED) is 0.638. The van der Waals surface area contributed by atoms with E-state index < -0.39 is 4.92 Å². The molecular formula is C14H21N3O3. The Bertz CT molecular complexity index is 485. The second-order valence-corrected chi connectivity index (χ2v) is 5.42. The fraction of sp³-hybridized carbons (Fsp3) is 0.571. The maximum absolute atomic E-state index is 11.0. The smallest absolute Gasteiger partial charge is 0.292 e. The van der Waals surface area contributed by atoms with Gasteiger partial charge in [-0.15, -0.1) is 0 Å². The topological polar surface area (TPSA) is 90.4 Å². The molecule has 2 rings (SSSR count). The predicted octanol–water partition coefficient (Wildman–Crippen LogP) is 2.68. The Morgan fingerprint density at radius 2 is 2.10 bits per heavy atom. The van der Waals surface area contributed by atoms with Gasteiger partial charge in [-0.05, 0) is 18.9 Å². The van der Waals surface area contributed by atoms with E-state index in [2.05, 4.69) is 5.32 Å². The molecule has 1 fully saturated rings. The van der Waals surface area contributed by atoms with Gasteiger partial charge in [0.2, 0.25) is 0 Å². The lowest BCUT2D eigenvalue weighted by molar-refractivity contribution is -0.384. The van der Waals surface area contributed by atoms with E-state index in [-0.39, 0.29) is 11.2 Å². The molecule has 0 heterocycles. The van der Waals surface area contributed by atoms with Crippen LogP contribution < -0.4 is 15.8 Å². The summed E-state index contributed by atoms with van der Waals surface area (Å²) in [5.41, 5.74) is 6.58. The third-order valence-corrected chi connectivity index (χ3v) is 3.88. The van der Waals surface area contributed by atoms with Crippen LogP contribution in [0.4, 0.5) is 11.4 Å². The van der Waals surface area contributed by atoms with Crippen molar-refractivity contribution in [3.05, 3.63) is 28.3 Å². The lowest BCUT2D eigenvalue weighted by Crippen LogP contribution is -2.47. The molecule has 0 spiro atoms. The van der Waals surface area contributed by atoms with Crippen molar-refractivity contribution in [1.82, 2.24) is 0 Å². The van der Waals surface area contributed by atoms with Gasteiger partial charge in [0.05, 0.1) is 12.0 Å². The number of nitro groups is 1. The Labute approximate surface area is 118 Å². The molecule has 0 aliphatic heterocycles. The molecule has 3 N–H and O–H groups in total. The van der Waals surface area contributed by atoms with Gasteiger partial charge in [0, 0.05) is 24.2 Å². The molecule has 1 saturated carbocycles. The summed E-state index contributed by atoms with van der Waals surface area (Å²) in [4.78, 5) is 10.6. The summed E-state index contributed by atoms with van der Waals surface area (Å²) >= 11 is 0. The van der Waals surface area contributed by atoms with Crippen molar-refractivity contribution in [2.24, 2.45) is 5.73 Å². The Balaban J connectivity index is 2.12. The van der Waals surface area contributed by atoms with Crippen molar-refractivity contribution < 1.29 is 9.66 Å². The van der Waals surface area contributed by atoms with Crippen LogP contribution in [0, 0.1) is 10.1 Å². The largest absolute Gasteiger partial charge is 0.497 e. The minimum Gasteiger partial charge on any atom is -0.497 e. The van der Waals surface area contributed by atoms with E-state index in [1.165, 1.54) is 19.6 Å². The molecule has 1 aliphatic carbocycles. The third kappa shape index (κ3) is 3.39. The van der Waals surface area contributed by atoms with Gasteiger partial charge in [0.25, 0.3) is 5.69 Å². The third-order valence-electron chi connectivity index (χ3n) is 3.88. The highest BCUT2D eigenvalue weighted by Crippen LogP contribution is 2.31. The van der Waals surface area contributed by atoms with E-state index in [1.807, 2.05) is 0 Å². The Morgan fingerprint density at radius 1 is 1.40 bits per heavy atom. The van der Waals surface area contributed by atoms with E-state index in [4.69, 9.17) is 10.5 Å². The Kier molecular flexibility index (Phi) is 4.44. The number of ether oxygens (including phenoxy) is 1. The highest BCUT2D eigenvalue weighted by atomic mass is 16.6. The molecule has 0 radical (unpaired) electrons. The summed E-state index contributed by atoms with van der Waals surface area (Å²) in [6.45, 7) is 0.543. The van der Waals surface area contributed by atoms with E-state index in [9.17, 15) is 10.1 Å². The van der Waals surface area contributed by atoms with Gasteiger partial charge in [-0.25, -0.2) is 0 Å². The molecule has 0 amide bonds. The highest BCUT2D eigenvalue weighted by molar-refractivity contribution is 5.64. The van der Waals surface area contributed by atoms with Gasteiger partial charge >= 0.3 is 0 Å². The number of benzene rings is 1. The van der Waals surface area contributed by atoms with Gasteiger partial charge in [-0.1, -0.05) is 19.3 Å². The second-order valence-electron chi connectivity index (χ2n) is 5.42. The molecule has 6 heteroatoms. The molecule has 1 aliphatic rings. The molecule has 0 bridgehead atoms. The van der Waals surface area contributed by atoms with Crippen LogP contribution in [0.1, 0.15) is 32.1 Å². The van der Waals surface area contributed by atoms with Crippen LogP contribution >= 0.6 is 0 Å². The monoisotopic (exact) mass is 279 g/mol. The number of nitro benzene ring substituents is 1. The number of nitrogens with zero attached hydrogens (tertiary/aromatic N) is 1. The van der Waals surface area contributed by atoms with Crippen LogP contribution in [0.15, 0.2) is 18.2 Å². The maximum Gasteiger partial charge on any atom is 0.292 e. The van der Waals surface area contributed by atoms with E-state index in [1.54, 1.807) is 12.1 Å². The van der Waals surface area contributed by atoms with Gasteiger partial charge in [0.1, 0.15) is 11.4 Å². The number of methoxy groups -OCH3 is 1. The fourth-order valence-corrected chi connectivity index (χ4v) is 2.65. The van der Waals surface area contributed by atoms with E-state index in [0.29, 0.717) is 18.0 Å². The van der Waals surface area contributed by atoms with Crippen molar-refractivity contribution in [2.75, 3.05) is 19.0 Å². The molecule has 6 nitrogen and oxygen atoms in total. The minimum atomic E-state index is -0.397. The van der Waals surface area contributed by atoms with Crippen molar-refractivity contribution in [1.29, 1.82) is 0 Å². The van der Waals surface area contributed by atoms with Crippen LogP contribution in [0.2, 0.25) is 0 Å². The lowest BCUT2D eigenvalue weighted by atomic mass is 9.82. The molecule has 0 unspecified atom stereocenters. The first-order chi connectivity index (χ1) is 9.54. The normalized spacial score (nSPS) is 17.5. The van der Waals surface area contributed by atoms with Crippen LogP contribution in [-0.4, -0.2) is 24.1 Å². The summed E-state index contributed by atoms with van der Waals surface area (Å²) in [5.74, 6) is 0.591. The number of rotatable bonds is 5. The first kappa shape index (κ1) is 14.6. The summed E-state index contributed by atoms with van der Waals surface area (Å²) in [7, 11) is 1.54. The first-order valence-electron chi connectivity index (χ1n) is 6.89. The summed E-state index contributed by atoms with van der Waals surface area (Å²) in [6, 6.07) is 4.68. The molecule has 1 aromatic rings. The number of nitrogens with two attached hydrogens (primary N) is 1. The molecule has 0 saturated heterocycles. The average molecular weight is 279 g/mol. The maximum atomic E-state index is 11.0. The lowest BCUT2D eigenvalue weighted by Gasteiger charge is -2.33. The summed E-state index contributed by atoms with van der Waals surface area (Å²) < 4.78 is 5.11. The van der Waals surface area contributed by atoms with Crippen molar-refractivity contribution in [3.8, 4) is 5.75 Å². The van der Waals surface area contributed by atoms with Crippen LogP contribution in [0.25, 0.3) is 0 Å². The van der Waals surface area contributed by atoms with E-state index in [0.717, 1.165) is 25.7 Å². The standard InChI is InChI=1S/C14H21N3O3/c1-20-11-5-6-13(17(18)19)12(9-11)16-10-14(15)7-3-2-4-8-14/h5-6,9,16H,2-4,7-8,10,15H2,1H3. The number of hydrogen-bond acceptors (Lipinski definition) is 5. The Morgan fingerprint density at radius 3 is 2.70 bits per heavy atom. The predicted molar refractivity (Wildman–Crippen MR) is 78.1 cm³/mol. The molecular weight excluding hydrogens is 258 g/mol. The van der Waals surface area contributed by atoms with Crippen LogP contribution in [0.5, 0.6) is 5.75 Å². The van der Waals surface area contributed by atoms with Crippen molar-refractivity contribution in [2.45, 2.75) is 37.6 Å². The number of anilines is 1. The minimum absolute atomic E-state index is 0.0465. The molecule has 0 atom stereocenters. The molecule has 1 aromatic carbocycles. The van der Waals surface area contributed by atoms with E-state index >= 15 is 0 Å². The average Bonchev–Trinajstić information content (AvgIpc) is 2.45. The van der Waals surface area contributed by atoms with Crippen LogP contribution in [-0.2, 0) is 0 Å². The van der Waals surface area contributed by atoms with Gasteiger partial charge < -0.3 is 15.8 Å². The SMILES string of the molecule is COc1ccc([N+](=O)[O-])c(NCC2(N)CCCCC2)c1. The van der Waals surface area contributed by atoms with Crippen molar-refractivity contribution in [3.63, 3.8) is 0 Å². The Hall–Kier alpha value is -1.82.